The number of carbonyl (C=O) groups excluding carboxylic acids is 1. The first kappa shape index (κ1) is 18.7. The van der Waals surface area contributed by atoms with Crippen molar-refractivity contribution in [1.82, 2.24) is 19.4 Å². The van der Waals surface area contributed by atoms with Crippen LogP contribution in [0.3, 0.4) is 0 Å². The van der Waals surface area contributed by atoms with Crippen LogP contribution in [0.4, 0.5) is 0 Å². The lowest BCUT2D eigenvalue weighted by atomic mass is 9.94. The topological polar surface area (TPSA) is 58.4 Å². The van der Waals surface area contributed by atoms with Gasteiger partial charge < -0.3 is 4.90 Å². The van der Waals surface area contributed by atoms with Crippen LogP contribution in [0.5, 0.6) is 0 Å². The maximum Gasteiger partial charge on any atom is 0.253 e. The Bertz CT molecular complexity index is 723. The van der Waals surface area contributed by atoms with E-state index >= 15 is 0 Å². The predicted octanol–water partition coefficient (Wildman–Crippen LogP) is 2.16. The fourth-order valence-corrected chi connectivity index (χ4v) is 4.82. The number of aryl methyl sites for hydroxylation is 1. The molecule has 0 aromatic carbocycles. The molecule has 4 heterocycles. The number of hydrogen-bond donors (Lipinski definition) is 0. The van der Waals surface area contributed by atoms with Crippen LogP contribution in [0, 0.1) is 0 Å². The lowest BCUT2D eigenvalue weighted by Crippen LogP contribution is -2.45. The zero-order chi connectivity index (χ0) is 18.6. The fourth-order valence-electron chi connectivity index (χ4n) is 4.82. The minimum Gasteiger partial charge on any atom is -0.342 e. The van der Waals surface area contributed by atoms with Crippen molar-refractivity contribution in [2.45, 2.75) is 70.3 Å². The highest BCUT2D eigenvalue weighted by atomic mass is 16.2. The Balaban J connectivity index is 1.43. The summed E-state index contributed by atoms with van der Waals surface area (Å²) >= 11 is 0. The van der Waals surface area contributed by atoms with Gasteiger partial charge >= 0.3 is 0 Å². The van der Waals surface area contributed by atoms with Crippen LogP contribution in [-0.4, -0.2) is 58.0 Å². The third-order valence-corrected chi connectivity index (χ3v) is 6.38. The Morgan fingerprint density at radius 3 is 2.63 bits per heavy atom. The van der Waals surface area contributed by atoms with Gasteiger partial charge in [0, 0.05) is 44.6 Å². The molecule has 1 aromatic heterocycles. The Hall–Kier alpha value is -1.69. The first-order valence-electron chi connectivity index (χ1n) is 10.8. The monoisotopic (exact) mass is 372 g/mol. The number of likely N-dealkylation sites (tertiary alicyclic amines) is 2. The molecular formula is C21H32N4O2. The zero-order valence-electron chi connectivity index (χ0n) is 16.4. The average molecular weight is 373 g/mol. The molecule has 1 aromatic rings. The third-order valence-electron chi connectivity index (χ3n) is 6.38. The van der Waals surface area contributed by atoms with E-state index in [1.54, 1.807) is 6.07 Å². The van der Waals surface area contributed by atoms with Crippen molar-refractivity contribution in [3.05, 3.63) is 27.9 Å². The number of piperidine rings is 2. The summed E-state index contributed by atoms with van der Waals surface area (Å²) in [6.45, 7) is 4.97. The maximum absolute atomic E-state index is 12.6. The molecule has 6 heteroatoms. The van der Waals surface area contributed by atoms with Gasteiger partial charge in [0.2, 0.25) is 5.91 Å². The van der Waals surface area contributed by atoms with Crippen LogP contribution in [0.2, 0.25) is 0 Å². The third kappa shape index (κ3) is 4.42. The molecule has 0 unspecified atom stereocenters. The first-order valence-corrected chi connectivity index (χ1v) is 10.8. The highest BCUT2D eigenvalue weighted by Gasteiger charge is 2.27. The second-order valence-electron chi connectivity index (χ2n) is 8.41. The Kier molecular flexibility index (Phi) is 5.91. The second kappa shape index (κ2) is 8.55. The molecule has 2 fully saturated rings. The Morgan fingerprint density at radius 1 is 1.00 bits per heavy atom. The molecule has 27 heavy (non-hydrogen) atoms. The van der Waals surface area contributed by atoms with Gasteiger partial charge in [0.1, 0.15) is 5.82 Å². The summed E-state index contributed by atoms with van der Waals surface area (Å²) in [4.78, 5) is 34.4. The highest BCUT2D eigenvalue weighted by molar-refractivity contribution is 5.78. The van der Waals surface area contributed by atoms with E-state index in [0.29, 0.717) is 6.54 Å². The molecule has 0 saturated carbocycles. The van der Waals surface area contributed by atoms with Gasteiger partial charge in [-0.3, -0.25) is 19.1 Å². The highest BCUT2D eigenvalue weighted by Crippen LogP contribution is 2.26. The molecule has 0 N–H and O–H groups in total. The standard InChI is InChI=1S/C21H32N4O2/c26-20-14-18(22-19-9-3-1-6-13-25(19)20)17-8-7-10-23(15-17)16-21(27)24-11-4-2-5-12-24/h14,17H,1-13,15-16H2/t17-/m1/s1. The van der Waals surface area contributed by atoms with E-state index in [2.05, 4.69) is 4.90 Å². The smallest absolute Gasteiger partial charge is 0.253 e. The molecule has 0 bridgehead atoms. The normalized spacial score (nSPS) is 24.3. The van der Waals surface area contributed by atoms with Gasteiger partial charge in [0.15, 0.2) is 0 Å². The van der Waals surface area contributed by atoms with Crippen LogP contribution in [0.15, 0.2) is 10.9 Å². The molecule has 148 valence electrons. The maximum atomic E-state index is 12.6. The molecule has 1 amide bonds. The first-order chi connectivity index (χ1) is 13.2. The minimum absolute atomic E-state index is 0.110. The molecule has 0 spiro atoms. The Morgan fingerprint density at radius 2 is 1.78 bits per heavy atom. The van der Waals surface area contributed by atoms with E-state index in [0.717, 1.165) is 89.2 Å². The van der Waals surface area contributed by atoms with Crippen LogP contribution in [-0.2, 0) is 17.8 Å². The number of carbonyl (C=O) groups is 1. The van der Waals surface area contributed by atoms with Gasteiger partial charge in [-0.05, 0) is 51.5 Å². The van der Waals surface area contributed by atoms with Crippen molar-refractivity contribution in [3.8, 4) is 0 Å². The summed E-state index contributed by atoms with van der Waals surface area (Å²) in [6, 6.07) is 1.76. The lowest BCUT2D eigenvalue weighted by molar-refractivity contribution is -0.133. The summed E-state index contributed by atoms with van der Waals surface area (Å²) in [5.74, 6) is 1.51. The minimum atomic E-state index is 0.110. The van der Waals surface area contributed by atoms with Crippen LogP contribution >= 0.6 is 0 Å². The van der Waals surface area contributed by atoms with Crippen molar-refractivity contribution in [2.24, 2.45) is 0 Å². The second-order valence-corrected chi connectivity index (χ2v) is 8.41. The largest absolute Gasteiger partial charge is 0.342 e. The van der Waals surface area contributed by atoms with Crippen LogP contribution in [0.25, 0.3) is 0 Å². The number of rotatable bonds is 3. The van der Waals surface area contributed by atoms with Gasteiger partial charge in [-0.25, -0.2) is 4.98 Å². The SMILES string of the molecule is O=C(CN1CCC[C@@H](c2cc(=O)n3c(n2)CCCCC3)C1)N1CCCCC1. The summed E-state index contributed by atoms with van der Waals surface area (Å²) in [5, 5.41) is 0. The van der Waals surface area contributed by atoms with E-state index in [9.17, 15) is 9.59 Å². The molecule has 2 saturated heterocycles. The molecule has 1 atom stereocenters. The number of amides is 1. The molecule has 0 radical (unpaired) electrons. The van der Waals surface area contributed by atoms with E-state index in [1.165, 1.54) is 12.8 Å². The van der Waals surface area contributed by atoms with Crippen molar-refractivity contribution >= 4 is 5.91 Å². The Labute approximate surface area is 161 Å². The molecule has 4 rings (SSSR count). The van der Waals surface area contributed by atoms with Gasteiger partial charge in [0.05, 0.1) is 12.2 Å². The fraction of sp³-hybridized carbons (Fsp3) is 0.762. The number of aromatic nitrogens is 2. The van der Waals surface area contributed by atoms with Crippen LogP contribution < -0.4 is 5.56 Å². The molecule has 3 aliphatic rings. The summed E-state index contributed by atoms with van der Waals surface area (Å²) in [7, 11) is 0. The van der Waals surface area contributed by atoms with Gasteiger partial charge in [0.25, 0.3) is 5.56 Å². The van der Waals surface area contributed by atoms with E-state index in [4.69, 9.17) is 4.98 Å². The summed E-state index contributed by atoms with van der Waals surface area (Å²) < 4.78 is 1.87. The van der Waals surface area contributed by atoms with Crippen LogP contribution in [0.1, 0.15) is 68.8 Å². The summed E-state index contributed by atoms with van der Waals surface area (Å²) in [6.07, 6.45) is 9.92. The number of hydrogen-bond acceptors (Lipinski definition) is 4. The van der Waals surface area contributed by atoms with Crippen molar-refractivity contribution < 1.29 is 4.79 Å². The van der Waals surface area contributed by atoms with Gasteiger partial charge in [-0.2, -0.15) is 0 Å². The van der Waals surface area contributed by atoms with E-state index in [-0.39, 0.29) is 17.4 Å². The molecule has 3 aliphatic heterocycles. The quantitative estimate of drug-likeness (QED) is 0.816. The summed E-state index contributed by atoms with van der Waals surface area (Å²) in [5.41, 5.74) is 1.06. The average Bonchev–Trinajstić information content (AvgIpc) is 2.95. The predicted molar refractivity (Wildman–Crippen MR) is 105 cm³/mol. The molecular weight excluding hydrogens is 340 g/mol. The molecule has 6 nitrogen and oxygen atoms in total. The van der Waals surface area contributed by atoms with E-state index < -0.39 is 0 Å². The van der Waals surface area contributed by atoms with Crippen molar-refractivity contribution in [1.29, 1.82) is 0 Å². The van der Waals surface area contributed by atoms with E-state index in [1.807, 2.05) is 9.47 Å². The van der Waals surface area contributed by atoms with Gasteiger partial charge in [-0.1, -0.05) is 6.42 Å². The molecule has 0 aliphatic carbocycles. The number of nitrogens with zero attached hydrogens (tertiary/aromatic N) is 4. The van der Waals surface area contributed by atoms with Gasteiger partial charge in [-0.15, -0.1) is 0 Å². The lowest BCUT2D eigenvalue weighted by Gasteiger charge is -2.34. The zero-order valence-corrected chi connectivity index (χ0v) is 16.4. The number of fused-ring (bicyclic) bond motifs is 1. The van der Waals surface area contributed by atoms with Crippen molar-refractivity contribution in [3.63, 3.8) is 0 Å². The van der Waals surface area contributed by atoms with Crippen molar-refractivity contribution in [2.75, 3.05) is 32.7 Å².